The topological polar surface area (TPSA) is 35.2 Å². The molecule has 0 heterocycles. The van der Waals surface area contributed by atoms with E-state index in [0.717, 1.165) is 12.2 Å². The molecule has 0 aliphatic rings. The first-order chi connectivity index (χ1) is 7.27. The van der Waals surface area contributed by atoms with Crippen molar-refractivity contribution in [2.45, 2.75) is 39.2 Å². The fourth-order valence-corrected chi connectivity index (χ4v) is 1.59. The van der Waals surface area contributed by atoms with Gasteiger partial charge in [0.05, 0.1) is 6.61 Å². The molecule has 2 N–H and O–H groups in total. The summed E-state index contributed by atoms with van der Waals surface area (Å²) in [6, 6.07) is 8.24. The molecule has 2 nitrogen and oxygen atoms in total. The van der Waals surface area contributed by atoms with Crippen molar-refractivity contribution in [1.82, 2.24) is 0 Å². The first-order valence-electron chi connectivity index (χ1n) is 5.76. The molecule has 0 saturated heterocycles. The number of benzene rings is 1. The fraction of sp³-hybridized carbons (Fsp3) is 0.538. The van der Waals surface area contributed by atoms with Gasteiger partial charge in [-0.1, -0.05) is 31.9 Å². The predicted molar refractivity (Wildman–Crippen MR) is 64.1 cm³/mol. The number of unbranched alkanes of at least 4 members (excludes halogenated alkanes) is 1. The molecule has 0 aromatic heterocycles. The molecule has 1 atom stereocenters. The molecule has 0 amide bonds. The number of hydrogen-bond acceptors (Lipinski definition) is 2. The van der Waals surface area contributed by atoms with Crippen molar-refractivity contribution in [3.05, 3.63) is 29.8 Å². The second-order valence-electron chi connectivity index (χ2n) is 3.75. The molecule has 2 heteroatoms. The highest BCUT2D eigenvalue weighted by Gasteiger charge is 2.05. The predicted octanol–water partition coefficient (Wildman–Crippen LogP) is 3.28. The summed E-state index contributed by atoms with van der Waals surface area (Å²) in [7, 11) is 0. The molecule has 1 rings (SSSR count). The average Bonchev–Trinajstić information content (AvgIpc) is 2.27. The lowest BCUT2D eigenvalue weighted by Gasteiger charge is -2.12. The number of hydrogen-bond donors (Lipinski definition) is 1. The highest BCUT2D eigenvalue weighted by Crippen LogP contribution is 2.21. The molecule has 1 aromatic rings. The van der Waals surface area contributed by atoms with Gasteiger partial charge in [0.15, 0.2) is 0 Å². The molecule has 1 unspecified atom stereocenters. The van der Waals surface area contributed by atoms with E-state index in [1.165, 1.54) is 18.4 Å². The van der Waals surface area contributed by atoms with Crippen LogP contribution in [0.4, 0.5) is 0 Å². The van der Waals surface area contributed by atoms with Crippen molar-refractivity contribution in [3.63, 3.8) is 0 Å². The number of nitrogens with two attached hydrogens (primary N) is 1. The first kappa shape index (κ1) is 12.1. The molecule has 0 bridgehead atoms. The Hall–Kier alpha value is -1.02. The van der Waals surface area contributed by atoms with Gasteiger partial charge in [-0.25, -0.2) is 0 Å². The molecule has 15 heavy (non-hydrogen) atoms. The summed E-state index contributed by atoms with van der Waals surface area (Å²) in [4.78, 5) is 0. The highest BCUT2D eigenvalue weighted by molar-refractivity contribution is 5.30. The van der Waals surface area contributed by atoms with E-state index in [-0.39, 0.29) is 6.04 Å². The zero-order valence-electron chi connectivity index (χ0n) is 9.70. The van der Waals surface area contributed by atoms with E-state index < -0.39 is 0 Å². The van der Waals surface area contributed by atoms with Crippen LogP contribution in [0.2, 0.25) is 0 Å². The van der Waals surface area contributed by atoms with Crippen molar-refractivity contribution < 1.29 is 4.74 Å². The Morgan fingerprint density at radius 1 is 1.33 bits per heavy atom. The van der Waals surface area contributed by atoms with Gasteiger partial charge in [0.1, 0.15) is 5.75 Å². The third-order valence-corrected chi connectivity index (χ3v) is 2.47. The third kappa shape index (κ3) is 3.92. The number of ether oxygens (including phenoxy) is 1. The van der Waals surface area contributed by atoms with Gasteiger partial charge in [0.25, 0.3) is 0 Å². The molecule has 0 fully saturated rings. The fourth-order valence-electron chi connectivity index (χ4n) is 1.59. The maximum atomic E-state index is 6.09. The number of rotatable bonds is 6. The summed E-state index contributed by atoms with van der Waals surface area (Å²) in [5.74, 6) is 0.918. The Labute approximate surface area is 92.4 Å². The first-order valence-corrected chi connectivity index (χ1v) is 5.76. The molecule has 0 aliphatic carbocycles. The van der Waals surface area contributed by atoms with Crippen LogP contribution in [-0.4, -0.2) is 6.61 Å². The van der Waals surface area contributed by atoms with E-state index >= 15 is 0 Å². The zero-order chi connectivity index (χ0) is 11.1. The minimum absolute atomic E-state index is 0.144. The molecule has 0 aliphatic heterocycles. The van der Waals surface area contributed by atoms with Crippen LogP contribution in [-0.2, 0) is 0 Å². The van der Waals surface area contributed by atoms with Crippen LogP contribution < -0.4 is 10.5 Å². The van der Waals surface area contributed by atoms with E-state index in [4.69, 9.17) is 10.5 Å². The summed E-state index contributed by atoms with van der Waals surface area (Å²) in [6.45, 7) is 4.88. The Bertz CT molecular complexity index is 286. The van der Waals surface area contributed by atoms with Gasteiger partial charge in [-0.05, 0) is 31.0 Å². The molecule has 0 saturated carbocycles. The van der Waals surface area contributed by atoms with E-state index in [2.05, 4.69) is 13.0 Å². The minimum atomic E-state index is 0.144. The van der Waals surface area contributed by atoms with Gasteiger partial charge in [-0.15, -0.1) is 0 Å². The van der Waals surface area contributed by atoms with E-state index in [0.29, 0.717) is 6.61 Å². The second kappa shape index (κ2) is 6.46. The standard InChI is InChI=1S/C13H21NO/c1-3-5-9-13(14)11-7-6-8-12(10-11)15-4-2/h6-8,10,13H,3-5,9,14H2,1-2H3. The Morgan fingerprint density at radius 3 is 2.80 bits per heavy atom. The van der Waals surface area contributed by atoms with Gasteiger partial charge < -0.3 is 10.5 Å². The second-order valence-corrected chi connectivity index (χ2v) is 3.75. The Kier molecular flexibility index (Phi) is 5.19. The van der Waals surface area contributed by atoms with Crippen molar-refractivity contribution in [1.29, 1.82) is 0 Å². The maximum Gasteiger partial charge on any atom is 0.119 e. The van der Waals surface area contributed by atoms with Gasteiger partial charge in [-0.3, -0.25) is 0 Å². The van der Waals surface area contributed by atoms with Crippen LogP contribution in [0.5, 0.6) is 5.75 Å². The normalized spacial score (nSPS) is 12.5. The third-order valence-electron chi connectivity index (χ3n) is 2.47. The van der Waals surface area contributed by atoms with Crippen LogP contribution in [0, 0.1) is 0 Å². The minimum Gasteiger partial charge on any atom is -0.494 e. The van der Waals surface area contributed by atoms with Crippen LogP contribution in [0.3, 0.4) is 0 Å². The Morgan fingerprint density at radius 2 is 2.13 bits per heavy atom. The lowest BCUT2D eigenvalue weighted by atomic mass is 10.0. The van der Waals surface area contributed by atoms with Gasteiger partial charge >= 0.3 is 0 Å². The van der Waals surface area contributed by atoms with E-state index in [1.807, 2.05) is 25.1 Å². The quantitative estimate of drug-likeness (QED) is 0.777. The Balaban J connectivity index is 2.62. The summed E-state index contributed by atoms with van der Waals surface area (Å²) >= 11 is 0. The molecule has 1 aromatic carbocycles. The van der Waals surface area contributed by atoms with E-state index in [9.17, 15) is 0 Å². The van der Waals surface area contributed by atoms with Gasteiger partial charge in [0, 0.05) is 6.04 Å². The highest BCUT2D eigenvalue weighted by atomic mass is 16.5. The monoisotopic (exact) mass is 207 g/mol. The summed E-state index contributed by atoms with van der Waals surface area (Å²) in [5, 5.41) is 0. The van der Waals surface area contributed by atoms with Gasteiger partial charge in [0.2, 0.25) is 0 Å². The van der Waals surface area contributed by atoms with Crippen LogP contribution in [0.25, 0.3) is 0 Å². The van der Waals surface area contributed by atoms with Crippen LogP contribution in [0.15, 0.2) is 24.3 Å². The van der Waals surface area contributed by atoms with Crippen molar-refractivity contribution in [2.24, 2.45) is 5.73 Å². The lowest BCUT2D eigenvalue weighted by molar-refractivity contribution is 0.339. The molecule has 0 radical (unpaired) electrons. The van der Waals surface area contributed by atoms with Crippen LogP contribution in [0.1, 0.15) is 44.7 Å². The lowest BCUT2D eigenvalue weighted by Crippen LogP contribution is -2.10. The summed E-state index contributed by atoms with van der Waals surface area (Å²) in [6.07, 6.45) is 3.42. The van der Waals surface area contributed by atoms with E-state index in [1.54, 1.807) is 0 Å². The summed E-state index contributed by atoms with van der Waals surface area (Å²) in [5.41, 5.74) is 7.27. The van der Waals surface area contributed by atoms with Gasteiger partial charge in [-0.2, -0.15) is 0 Å². The molecular formula is C13H21NO. The average molecular weight is 207 g/mol. The smallest absolute Gasteiger partial charge is 0.119 e. The maximum absolute atomic E-state index is 6.09. The zero-order valence-corrected chi connectivity index (χ0v) is 9.70. The van der Waals surface area contributed by atoms with Crippen molar-refractivity contribution in [2.75, 3.05) is 6.61 Å². The molecule has 84 valence electrons. The summed E-state index contributed by atoms with van der Waals surface area (Å²) < 4.78 is 5.45. The largest absolute Gasteiger partial charge is 0.494 e. The van der Waals surface area contributed by atoms with Crippen molar-refractivity contribution in [3.8, 4) is 5.75 Å². The SMILES string of the molecule is CCCCC(N)c1cccc(OCC)c1. The molecular weight excluding hydrogens is 186 g/mol. The van der Waals surface area contributed by atoms with Crippen molar-refractivity contribution >= 4 is 0 Å². The van der Waals surface area contributed by atoms with Crippen LogP contribution >= 0.6 is 0 Å². The molecule has 0 spiro atoms.